The molecular weight excluding hydrogens is 234 g/mol. The Morgan fingerprint density at radius 1 is 1.37 bits per heavy atom. The molecule has 1 heterocycles. The fraction of sp³-hybridized carbons (Fsp3) is 0.438. The Kier molecular flexibility index (Phi) is 3.28. The molecule has 0 saturated heterocycles. The van der Waals surface area contributed by atoms with Crippen molar-refractivity contribution in [2.75, 3.05) is 5.32 Å². The summed E-state index contributed by atoms with van der Waals surface area (Å²) in [6, 6.07) is 9.49. The number of rotatable bonds is 4. The van der Waals surface area contributed by atoms with Gasteiger partial charge in [-0.25, -0.2) is 0 Å². The molecule has 1 aromatic heterocycles. The first-order valence-electron chi connectivity index (χ1n) is 7.10. The van der Waals surface area contributed by atoms with Crippen molar-refractivity contribution in [2.45, 2.75) is 45.2 Å². The first-order valence-corrected chi connectivity index (χ1v) is 7.10. The molecule has 0 spiro atoms. The van der Waals surface area contributed by atoms with Crippen LogP contribution in [0.4, 0.5) is 5.69 Å². The maximum absolute atomic E-state index is 4.29. The maximum atomic E-state index is 4.29. The molecule has 0 radical (unpaired) electrons. The van der Waals surface area contributed by atoms with Crippen molar-refractivity contribution < 1.29 is 0 Å². The van der Waals surface area contributed by atoms with Crippen LogP contribution in [-0.2, 0) is 6.54 Å². The minimum absolute atomic E-state index is 0.597. The van der Waals surface area contributed by atoms with Crippen LogP contribution < -0.4 is 5.32 Å². The number of hydrogen-bond acceptors (Lipinski definition) is 2. The Bertz CT molecular complexity index is 553. The number of anilines is 1. The van der Waals surface area contributed by atoms with Gasteiger partial charge in [0, 0.05) is 18.8 Å². The second-order valence-electron chi connectivity index (χ2n) is 5.51. The molecule has 3 rings (SSSR count). The van der Waals surface area contributed by atoms with Crippen LogP contribution in [0, 0.1) is 6.92 Å². The SMILES string of the molecule is CCn1cc(NC2CC(c3cccc(C)c3)C2)cn1. The molecule has 3 nitrogen and oxygen atoms in total. The molecular formula is C16H21N3. The van der Waals surface area contributed by atoms with E-state index in [1.807, 2.05) is 10.9 Å². The van der Waals surface area contributed by atoms with Crippen molar-refractivity contribution in [1.82, 2.24) is 9.78 Å². The first-order chi connectivity index (χ1) is 9.24. The third-order valence-electron chi connectivity index (χ3n) is 3.98. The molecule has 0 aliphatic heterocycles. The standard InChI is InChI=1S/C16H21N3/c1-3-19-11-16(10-17-19)18-15-8-14(9-15)13-6-4-5-12(2)7-13/h4-7,10-11,14-15,18H,3,8-9H2,1-2H3. The van der Waals surface area contributed by atoms with Crippen LogP contribution in [0.25, 0.3) is 0 Å². The summed E-state index contributed by atoms with van der Waals surface area (Å²) in [6.07, 6.45) is 6.45. The highest BCUT2D eigenvalue weighted by atomic mass is 15.3. The molecule has 1 N–H and O–H groups in total. The second kappa shape index (κ2) is 5.08. The lowest BCUT2D eigenvalue weighted by atomic mass is 9.75. The van der Waals surface area contributed by atoms with Crippen LogP contribution in [-0.4, -0.2) is 15.8 Å². The lowest BCUT2D eigenvalue weighted by Gasteiger charge is -2.36. The van der Waals surface area contributed by atoms with E-state index in [1.54, 1.807) is 0 Å². The molecule has 0 amide bonds. The van der Waals surface area contributed by atoms with Crippen LogP contribution in [0.15, 0.2) is 36.7 Å². The highest BCUT2D eigenvalue weighted by Gasteiger charge is 2.30. The number of nitrogens with one attached hydrogen (secondary N) is 1. The summed E-state index contributed by atoms with van der Waals surface area (Å²) < 4.78 is 1.96. The minimum atomic E-state index is 0.597. The van der Waals surface area contributed by atoms with Crippen molar-refractivity contribution in [3.05, 3.63) is 47.8 Å². The van der Waals surface area contributed by atoms with Gasteiger partial charge in [-0.2, -0.15) is 5.10 Å². The van der Waals surface area contributed by atoms with E-state index in [4.69, 9.17) is 0 Å². The fourth-order valence-electron chi connectivity index (χ4n) is 2.78. The van der Waals surface area contributed by atoms with Crippen molar-refractivity contribution in [3.8, 4) is 0 Å². The van der Waals surface area contributed by atoms with Gasteiger partial charge in [0.1, 0.15) is 0 Å². The molecule has 100 valence electrons. The van der Waals surface area contributed by atoms with Crippen LogP contribution in [0.5, 0.6) is 0 Å². The van der Waals surface area contributed by atoms with Crippen LogP contribution in [0.1, 0.15) is 36.8 Å². The van der Waals surface area contributed by atoms with Gasteiger partial charge in [-0.15, -0.1) is 0 Å². The van der Waals surface area contributed by atoms with Gasteiger partial charge in [0.15, 0.2) is 0 Å². The van der Waals surface area contributed by atoms with Crippen molar-refractivity contribution in [2.24, 2.45) is 0 Å². The lowest BCUT2D eigenvalue weighted by molar-refractivity contribution is 0.374. The predicted octanol–water partition coefficient (Wildman–Crippen LogP) is 3.57. The molecule has 1 aromatic carbocycles. The third kappa shape index (κ3) is 2.65. The summed E-state index contributed by atoms with van der Waals surface area (Å²) in [5, 5.41) is 7.85. The number of nitrogens with zero attached hydrogens (tertiary/aromatic N) is 2. The zero-order valence-corrected chi connectivity index (χ0v) is 11.6. The van der Waals surface area contributed by atoms with E-state index in [0.717, 1.165) is 18.2 Å². The van der Waals surface area contributed by atoms with Gasteiger partial charge < -0.3 is 5.32 Å². The van der Waals surface area contributed by atoms with E-state index in [2.05, 4.69) is 54.7 Å². The fourth-order valence-corrected chi connectivity index (χ4v) is 2.78. The zero-order valence-electron chi connectivity index (χ0n) is 11.6. The molecule has 3 heteroatoms. The Hall–Kier alpha value is -1.77. The molecule has 1 saturated carbocycles. The summed E-state index contributed by atoms with van der Waals surface area (Å²) >= 11 is 0. The van der Waals surface area contributed by atoms with E-state index in [0.29, 0.717) is 6.04 Å². The number of aromatic nitrogens is 2. The zero-order chi connectivity index (χ0) is 13.2. The Morgan fingerprint density at radius 2 is 2.21 bits per heavy atom. The summed E-state index contributed by atoms with van der Waals surface area (Å²) in [5.41, 5.74) is 4.00. The van der Waals surface area contributed by atoms with E-state index >= 15 is 0 Å². The van der Waals surface area contributed by atoms with E-state index in [1.165, 1.54) is 24.0 Å². The molecule has 2 aromatic rings. The summed E-state index contributed by atoms with van der Waals surface area (Å²) in [6.45, 7) is 5.20. The maximum Gasteiger partial charge on any atom is 0.0728 e. The van der Waals surface area contributed by atoms with Gasteiger partial charge in [-0.1, -0.05) is 29.8 Å². The van der Waals surface area contributed by atoms with E-state index < -0.39 is 0 Å². The molecule has 1 fully saturated rings. The highest BCUT2D eigenvalue weighted by Crippen LogP contribution is 2.38. The van der Waals surface area contributed by atoms with Gasteiger partial charge in [0.05, 0.1) is 11.9 Å². The second-order valence-corrected chi connectivity index (χ2v) is 5.51. The summed E-state index contributed by atoms with van der Waals surface area (Å²) in [5.74, 6) is 0.721. The Morgan fingerprint density at radius 3 is 2.89 bits per heavy atom. The van der Waals surface area contributed by atoms with Crippen molar-refractivity contribution in [1.29, 1.82) is 0 Å². The summed E-state index contributed by atoms with van der Waals surface area (Å²) in [7, 11) is 0. The highest BCUT2D eigenvalue weighted by molar-refractivity contribution is 5.41. The molecule has 1 aliphatic carbocycles. The van der Waals surface area contributed by atoms with Gasteiger partial charge in [-0.3, -0.25) is 4.68 Å². The first kappa shape index (κ1) is 12.3. The minimum Gasteiger partial charge on any atom is -0.380 e. The quantitative estimate of drug-likeness (QED) is 0.905. The number of hydrogen-bond donors (Lipinski definition) is 1. The third-order valence-corrected chi connectivity index (χ3v) is 3.98. The molecule has 0 atom stereocenters. The Labute approximate surface area is 114 Å². The smallest absolute Gasteiger partial charge is 0.0728 e. The van der Waals surface area contributed by atoms with Crippen LogP contribution in [0.2, 0.25) is 0 Å². The average Bonchev–Trinajstić information content (AvgIpc) is 2.81. The Balaban J connectivity index is 1.55. The van der Waals surface area contributed by atoms with Gasteiger partial charge in [0.25, 0.3) is 0 Å². The number of aryl methyl sites for hydroxylation is 2. The number of benzene rings is 1. The monoisotopic (exact) mass is 255 g/mol. The van der Waals surface area contributed by atoms with Gasteiger partial charge in [0.2, 0.25) is 0 Å². The average molecular weight is 255 g/mol. The molecule has 19 heavy (non-hydrogen) atoms. The normalized spacial score (nSPS) is 22.0. The van der Waals surface area contributed by atoms with E-state index in [-0.39, 0.29) is 0 Å². The predicted molar refractivity (Wildman–Crippen MR) is 78.5 cm³/mol. The van der Waals surface area contributed by atoms with Crippen molar-refractivity contribution in [3.63, 3.8) is 0 Å². The van der Waals surface area contributed by atoms with Crippen LogP contribution >= 0.6 is 0 Å². The molecule has 1 aliphatic rings. The lowest BCUT2D eigenvalue weighted by Crippen LogP contribution is -2.33. The van der Waals surface area contributed by atoms with Gasteiger partial charge in [-0.05, 0) is 38.2 Å². The van der Waals surface area contributed by atoms with Crippen molar-refractivity contribution >= 4 is 5.69 Å². The topological polar surface area (TPSA) is 29.9 Å². The van der Waals surface area contributed by atoms with Crippen LogP contribution in [0.3, 0.4) is 0 Å². The van der Waals surface area contributed by atoms with E-state index in [9.17, 15) is 0 Å². The largest absolute Gasteiger partial charge is 0.380 e. The van der Waals surface area contributed by atoms with Gasteiger partial charge >= 0.3 is 0 Å². The molecule has 0 unspecified atom stereocenters. The summed E-state index contributed by atoms with van der Waals surface area (Å²) in [4.78, 5) is 0. The molecule has 0 bridgehead atoms.